The van der Waals surface area contributed by atoms with Gasteiger partial charge in [-0.3, -0.25) is 0 Å². The second kappa shape index (κ2) is 9.01. The first-order chi connectivity index (χ1) is 13.2. The van der Waals surface area contributed by atoms with E-state index in [1.165, 1.54) is 11.3 Å². The van der Waals surface area contributed by atoms with Crippen molar-refractivity contribution in [3.05, 3.63) is 18.0 Å². The molecule has 0 saturated carbocycles. The Hall–Kier alpha value is -2.39. The SMILES string of the molecule is CCOc1cc(-c2nn3c(CCOC)nnc3s2)cc(OCC)c1OCC. The zero-order valence-corrected chi connectivity index (χ0v) is 16.8. The molecule has 0 radical (unpaired) electrons. The molecule has 0 aliphatic heterocycles. The van der Waals surface area contributed by atoms with Crippen LogP contribution in [0.2, 0.25) is 0 Å². The van der Waals surface area contributed by atoms with E-state index in [0.29, 0.717) is 50.1 Å². The van der Waals surface area contributed by atoms with Gasteiger partial charge in [0.2, 0.25) is 10.7 Å². The fourth-order valence-electron chi connectivity index (χ4n) is 2.64. The number of nitrogens with zero attached hydrogens (tertiary/aromatic N) is 4. The molecule has 0 amide bonds. The van der Waals surface area contributed by atoms with E-state index >= 15 is 0 Å². The van der Waals surface area contributed by atoms with Crippen LogP contribution in [0.1, 0.15) is 26.6 Å². The third-order valence-electron chi connectivity index (χ3n) is 3.74. The molecule has 8 nitrogen and oxygen atoms in total. The van der Waals surface area contributed by atoms with Gasteiger partial charge >= 0.3 is 0 Å². The Morgan fingerprint density at radius 1 is 0.963 bits per heavy atom. The second-order valence-corrected chi connectivity index (χ2v) is 6.52. The van der Waals surface area contributed by atoms with E-state index < -0.39 is 0 Å². The summed E-state index contributed by atoms with van der Waals surface area (Å²) >= 11 is 1.46. The third-order valence-corrected chi connectivity index (χ3v) is 4.69. The average Bonchev–Trinajstić information content (AvgIpc) is 3.24. The number of benzene rings is 1. The summed E-state index contributed by atoms with van der Waals surface area (Å²) in [6.45, 7) is 7.97. The van der Waals surface area contributed by atoms with Gasteiger partial charge in [-0.25, -0.2) is 0 Å². The standard InChI is InChI=1S/C18H24N4O4S/c1-5-24-13-10-12(11-14(25-6-2)16(13)26-7-3)17-21-22-15(8-9-23-4)19-20-18(22)27-17/h10-11H,5-9H2,1-4H3. The highest BCUT2D eigenvalue weighted by molar-refractivity contribution is 7.19. The maximum absolute atomic E-state index is 5.79. The van der Waals surface area contributed by atoms with Gasteiger partial charge in [0, 0.05) is 19.1 Å². The van der Waals surface area contributed by atoms with Crippen molar-refractivity contribution in [2.75, 3.05) is 33.5 Å². The highest BCUT2D eigenvalue weighted by atomic mass is 32.1. The molecule has 9 heteroatoms. The Morgan fingerprint density at radius 2 is 1.63 bits per heavy atom. The van der Waals surface area contributed by atoms with Crippen molar-refractivity contribution in [1.29, 1.82) is 0 Å². The van der Waals surface area contributed by atoms with Gasteiger partial charge in [0.15, 0.2) is 17.3 Å². The quantitative estimate of drug-likeness (QED) is 0.524. The largest absolute Gasteiger partial charge is 0.490 e. The first kappa shape index (κ1) is 19.4. The molecule has 2 heterocycles. The minimum Gasteiger partial charge on any atom is -0.490 e. The van der Waals surface area contributed by atoms with E-state index in [-0.39, 0.29) is 0 Å². The number of hydrogen-bond acceptors (Lipinski definition) is 8. The van der Waals surface area contributed by atoms with Crippen LogP contribution in [0, 0.1) is 0 Å². The molecule has 0 aliphatic rings. The minimum absolute atomic E-state index is 0.527. The van der Waals surface area contributed by atoms with Gasteiger partial charge in [-0.15, -0.1) is 10.2 Å². The van der Waals surface area contributed by atoms with E-state index in [1.54, 1.807) is 11.6 Å². The van der Waals surface area contributed by atoms with Gasteiger partial charge < -0.3 is 18.9 Å². The van der Waals surface area contributed by atoms with Crippen LogP contribution in [-0.2, 0) is 11.2 Å². The van der Waals surface area contributed by atoms with E-state index in [0.717, 1.165) is 21.4 Å². The van der Waals surface area contributed by atoms with Gasteiger partial charge in [0.1, 0.15) is 5.01 Å². The third kappa shape index (κ3) is 4.14. The molecule has 3 rings (SSSR count). The fourth-order valence-corrected chi connectivity index (χ4v) is 3.48. The molecular formula is C18H24N4O4S. The van der Waals surface area contributed by atoms with Crippen molar-refractivity contribution in [3.63, 3.8) is 0 Å². The van der Waals surface area contributed by atoms with Gasteiger partial charge in [-0.1, -0.05) is 11.3 Å². The van der Waals surface area contributed by atoms with Crippen LogP contribution in [0.5, 0.6) is 17.2 Å². The molecule has 2 aromatic heterocycles. The zero-order chi connectivity index (χ0) is 19.2. The molecule has 0 aliphatic carbocycles. The van der Waals surface area contributed by atoms with Crippen LogP contribution in [-0.4, -0.2) is 53.3 Å². The highest BCUT2D eigenvalue weighted by Gasteiger charge is 2.19. The minimum atomic E-state index is 0.527. The Bertz CT molecular complexity index is 866. The molecular weight excluding hydrogens is 368 g/mol. The van der Waals surface area contributed by atoms with Crippen LogP contribution in [0.4, 0.5) is 0 Å². The fraction of sp³-hybridized carbons (Fsp3) is 0.500. The molecule has 27 heavy (non-hydrogen) atoms. The zero-order valence-electron chi connectivity index (χ0n) is 16.0. The summed E-state index contributed by atoms with van der Waals surface area (Å²) in [4.78, 5) is 0.737. The molecule has 0 fully saturated rings. The Labute approximate surface area is 162 Å². The number of methoxy groups -OCH3 is 1. The van der Waals surface area contributed by atoms with Crippen LogP contribution in [0.25, 0.3) is 15.5 Å². The summed E-state index contributed by atoms with van der Waals surface area (Å²) in [5.74, 6) is 2.68. The van der Waals surface area contributed by atoms with Gasteiger partial charge in [-0.05, 0) is 32.9 Å². The summed E-state index contributed by atoms with van der Waals surface area (Å²) < 4.78 is 24.2. The van der Waals surface area contributed by atoms with Crippen LogP contribution >= 0.6 is 11.3 Å². The average molecular weight is 392 g/mol. The Kier molecular flexibility index (Phi) is 6.46. The first-order valence-electron chi connectivity index (χ1n) is 8.98. The lowest BCUT2D eigenvalue weighted by Crippen LogP contribution is -2.03. The molecule has 0 unspecified atom stereocenters. The van der Waals surface area contributed by atoms with Crippen molar-refractivity contribution >= 4 is 16.3 Å². The number of ether oxygens (including phenoxy) is 4. The number of fused-ring (bicyclic) bond motifs is 1. The number of hydrogen-bond donors (Lipinski definition) is 0. The lowest BCUT2D eigenvalue weighted by atomic mass is 10.2. The van der Waals surface area contributed by atoms with Crippen molar-refractivity contribution in [3.8, 4) is 27.8 Å². The summed E-state index contributed by atoms with van der Waals surface area (Å²) in [6.07, 6.45) is 0.651. The monoisotopic (exact) mass is 392 g/mol. The summed E-state index contributed by atoms with van der Waals surface area (Å²) in [5, 5.41) is 13.9. The van der Waals surface area contributed by atoms with Crippen LogP contribution in [0.3, 0.4) is 0 Å². The van der Waals surface area contributed by atoms with Crippen LogP contribution < -0.4 is 14.2 Å². The molecule has 0 spiro atoms. The topological polar surface area (TPSA) is 80.0 Å². The van der Waals surface area contributed by atoms with E-state index in [2.05, 4.69) is 15.3 Å². The number of aromatic nitrogens is 4. The smallest absolute Gasteiger partial charge is 0.234 e. The predicted octanol–water partition coefficient (Wildman–Crippen LogP) is 3.24. The van der Waals surface area contributed by atoms with Crippen molar-refractivity contribution in [2.45, 2.75) is 27.2 Å². The molecule has 0 bridgehead atoms. The Morgan fingerprint density at radius 3 is 2.22 bits per heavy atom. The predicted molar refractivity (Wildman–Crippen MR) is 103 cm³/mol. The lowest BCUT2D eigenvalue weighted by Gasteiger charge is -2.16. The number of rotatable bonds is 10. The van der Waals surface area contributed by atoms with Crippen molar-refractivity contribution < 1.29 is 18.9 Å². The molecule has 3 aromatic rings. The molecule has 146 valence electrons. The summed E-state index contributed by atoms with van der Waals surface area (Å²) in [7, 11) is 1.66. The molecule has 0 N–H and O–H groups in total. The van der Waals surface area contributed by atoms with E-state index in [9.17, 15) is 0 Å². The molecule has 1 aromatic carbocycles. The lowest BCUT2D eigenvalue weighted by molar-refractivity contribution is 0.200. The Balaban J connectivity index is 2.04. The maximum Gasteiger partial charge on any atom is 0.234 e. The normalized spacial score (nSPS) is 11.1. The van der Waals surface area contributed by atoms with Gasteiger partial charge in [0.25, 0.3) is 0 Å². The van der Waals surface area contributed by atoms with Crippen molar-refractivity contribution in [1.82, 2.24) is 19.8 Å². The highest BCUT2D eigenvalue weighted by Crippen LogP contribution is 2.42. The van der Waals surface area contributed by atoms with Crippen molar-refractivity contribution in [2.24, 2.45) is 0 Å². The maximum atomic E-state index is 5.79. The van der Waals surface area contributed by atoms with E-state index in [4.69, 9.17) is 18.9 Å². The van der Waals surface area contributed by atoms with Gasteiger partial charge in [0.05, 0.1) is 26.4 Å². The summed E-state index contributed by atoms with van der Waals surface area (Å²) in [5.41, 5.74) is 0.888. The second-order valence-electron chi connectivity index (χ2n) is 5.56. The molecule has 0 atom stereocenters. The van der Waals surface area contributed by atoms with Gasteiger partial charge in [-0.2, -0.15) is 9.61 Å². The first-order valence-corrected chi connectivity index (χ1v) is 9.80. The molecule has 0 saturated heterocycles. The summed E-state index contributed by atoms with van der Waals surface area (Å²) in [6, 6.07) is 3.86. The van der Waals surface area contributed by atoms with E-state index in [1.807, 2.05) is 32.9 Å². The van der Waals surface area contributed by atoms with Crippen LogP contribution in [0.15, 0.2) is 12.1 Å².